The van der Waals surface area contributed by atoms with Gasteiger partial charge < -0.3 is 15.5 Å². The summed E-state index contributed by atoms with van der Waals surface area (Å²) >= 11 is 0. The van der Waals surface area contributed by atoms with Gasteiger partial charge in [-0.05, 0) is 24.1 Å². The molecule has 5 heteroatoms. The summed E-state index contributed by atoms with van der Waals surface area (Å²) in [7, 11) is 0. The molecule has 0 saturated carbocycles. The van der Waals surface area contributed by atoms with Gasteiger partial charge in [0.2, 0.25) is 5.91 Å². The van der Waals surface area contributed by atoms with Crippen LogP contribution in [0.3, 0.4) is 0 Å². The minimum absolute atomic E-state index is 0.0300. The second-order valence-corrected chi connectivity index (χ2v) is 3.38. The third-order valence-corrected chi connectivity index (χ3v) is 2.33. The molecule has 0 fully saturated rings. The first-order chi connectivity index (χ1) is 7.08. The van der Waals surface area contributed by atoms with E-state index in [-0.39, 0.29) is 17.2 Å². The third kappa shape index (κ3) is 1.63. The molecule has 1 aromatic carbocycles. The topological polar surface area (TPSA) is 86.6 Å². The van der Waals surface area contributed by atoms with Gasteiger partial charge in [0.15, 0.2) is 0 Å². The SMILES string of the molecule is O=C1CCc2cc(C(=O)O)cc(O)c2N1. The number of carboxylic acids is 1. The second-order valence-electron chi connectivity index (χ2n) is 3.38. The van der Waals surface area contributed by atoms with Gasteiger partial charge in [-0.25, -0.2) is 4.79 Å². The molecule has 1 aliphatic rings. The molecule has 78 valence electrons. The Kier molecular flexibility index (Phi) is 2.07. The maximum Gasteiger partial charge on any atom is 0.335 e. The van der Waals surface area contributed by atoms with Gasteiger partial charge in [-0.3, -0.25) is 4.79 Å². The number of hydrogen-bond donors (Lipinski definition) is 3. The van der Waals surface area contributed by atoms with E-state index < -0.39 is 5.97 Å². The lowest BCUT2D eigenvalue weighted by molar-refractivity contribution is -0.116. The summed E-state index contributed by atoms with van der Waals surface area (Å²) in [5.41, 5.74) is 1.02. The standard InChI is InChI=1S/C10H9NO4/c12-7-4-6(10(14)15)3-5-1-2-8(13)11-9(5)7/h3-4,12H,1-2H2,(H,11,13)(H,14,15). The Labute approximate surface area is 85.3 Å². The number of phenols is 1. The van der Waals surface area contributed by atoms with Gasteiger partial charge in [0.1, 0.15) is 5.75 Å². The predicted octanol–water partition coefficient (Wildman–Crippen LogP) is 0.975. The van der Waals surface area contributed by atoms with Gasteiger partial charge in [-0.1, -0.05) is 0 Å². The zero-order valence-electron chi connectivity index (χ0n) is 7.78. The van der Waals surface area contributed by atoms with E-state index in [9.17, 15) is 14.7 Å². The number of fused-ring (bicyclic) bond motifs is 1. The first-order valence-electron chi connectivity index (χ1n) is 4.47. The predicted molar refractivity (Wildman–Crippen MR) is 52.0 cm³/mol. The first-order valence-corrected chi connectivity index (χ1v) is 4.47. The summed E-state index contributed by atoms with van der Waals surface area (Å²) in [6.45, 7) is 0. The summed E-state index contributed by atoms with van der Waals surface area (Å²) in [6.07, 6.45) is 0.769. The number of hydrogen-bond acceptors (Lipinski definition) is 3. The zero-order chi connectivity index (χ0) is 11.0. The average Bonchev–Trinajstić information content (AvgIpc) is 2.18. The van der Waals surface area contributed by atoms with Gasteiger partial charge in [0, 0.05) is 6.42 Å². The molecule has 1 aliphatic heterocycles. The van der Waals surface area contributed by atoms with Crippen LogP contribution in [-0.2, 0) is 11.2 Å². The van der Waals surface area contributed by atoms with Gasteiger partial charge in [-0.15, -0.1) is 0 Å². The second kappa shape index (κ2) is 3.27. The quantitative estimate of drug-likeness (QED) is 0.599. The Morgan fingerprint density at radius 3 is 2.73 bits per heavy atom. The average molecular weight is 207 g/mol. The van der Waals surface area contributed by atoms with E-state index in [1.807, 2.05) is 0 Å². The van der Waals surface area contributed by atoms with Crippen LogP contribution < -0.4 is 5.32 Å². The lowest BCUT2D eigenvalue weighted by Crippen LogP contribution is -2.19. The number of amides is 1. The van der Waals surface area contributed by atoms with Crippen molar-refractivity contribution < 1.29 is 19.8 Å². The summed E-state index contributed by atoms with van der Waals surface area (Å²) in [5, 5.41) is 20.8. The number of aromatic carboxylic acids is 1. The molecule has 0 aliphatic carbocycles. The highest BCUT2D eigenvalue weighted by molar-refractivity contribution is 5.97. The van der Waals surface area contributed by atoms with Gasteiger partial charge in [0.25, 0.3) is 0 Å². The number of carboxylic acid groups (broad SMARTS) is 1. The summed E-state index contributed by atoms with van der Waals surface area (Å²) in [4.78, 5) is 21.8. The van der Waals surface area contributed by atoms with Crippen LogP contribution >= 0.6 is 0 Å². The smallest absolute Gasteiger partial charge is 0.335 e. The molecule has 1 amide bonds. The number of aromatic hydroxyl groups is 1. The molecule has 0 saturated heterocycles. The van der Waals surface area contributed by atoms with Crippen LogP contribution in [0.25, 0.3) is 0 Å². The van der Waals surface area contributed by atoms with Crippen molar-refractivity contribution >= 4 is 17.6 Å². The molecule has 0 atom stereocenters. The van der Waals surface area contributed by atoms with Gasteiger partial charge in [0.05, 0.1) is 11.3 Å². The molecule has 15 heavy (non-hydrogen) atoms. The van der Waals surface area contributed by atoms with Crippen molar-refractivity contribution in [2.75, 3.05) is 5.32 Å². The number of phenolic OH excluding ortho intramolecular Hbond substituents is 1. The minimum Gasteiger partial charge on any atom is -0.506 e. The maximum absolute atomic E-state index is 11.1. The van der Waals surface area contributed by atoms with Crippen molar-refractivity contribution in [2.24, 2.45) is 0 Å². The molecule has 1 heterocycles. The Morgan fingerprint density at radius 2 is 2.07 bits per heavy atom. The van der Waals surface area contributed by atoms with Crippen LogP contribution in [0, 0.1) is 0 Å². The molecular formula is C10H9NO4. The van der Waals surface area contributed by atoms with Crippen LogP contribution in [0.5, 0.6) is 5.75 Å². The van der Waals surface area contributed by atoms with E-state index in [4.69, 9.17) is 5.11 Å². The first kappa shape index (κ1) is 9.51. The Balaban J connectivity index is 2.52. The van der Waals surface area contributed by atoms with Crippen molar-refractivity contribution in [3.05, 3.63) is 23.3 Å². The number of nitrogens with one attached hydrogen (secondary N) is 1. The lowest BCUT2D eigenvalue weighted by atomic mass is 9.99. The molecule has 5 nitrogen and oxygen atoms in total. The van der Waals surface area contributed by atoms with E-state index in [1.165, 1.54) is 6.07 Å². The van der Waals surface area contributed by atoms with Crippen LogP contribution in [0.1, 0.15) is 22.3 Å². The van der Waals surface area contributed by atoms with Crippen LogP contribution in [0.2, 0.25) is 0 Å². The maximum atomic E-state index is 11.1. The summed E-state index contributed by atoms with van der Waals surface area (Å²) < 4.78 is 0. The van der Waals surface area contributed by atoms with E-state index in [1.54, 1.807) is 0 Å². The van der Waals surface area contributed by atoms with E-state index in [2.05, 4.69) is 5.32 Å². The molecule has 2 rings (SSSR count). The number of carbonyl (C=O) groups is 2. The molecule has 3 N–H and O–H groups in total. The Morgan fingerprint density at radius 1 is 1.33 bits per heavy atom. The Bertz CT molecular complexity index is 453. The molecule has 1 aromatic rings. The molecule has 0 radical (unpaired) electrons. The summed E-state index contributed by atoms with van der Waals surface area (Å²) in [5.74, 6) is -1.45. The van der Waals surface area contributed by atoms with Gasteiger partial charge in [-0.2, -0.15) is 0 Å². The number of anilines is 1. The van der Waals surface area contributed by atoms with Crippen molar-refractivity contribution in [1.29, 1.82) is 0 Å². The van der Waals surface area contributed by atoms with E-state index >= 15 is 0 Å². The normalized spacial score (nSPS) is 14.3. The third-order valence-electron chi connectivity index (χ3n) is 2.33. The molecule has 0 aromatic heterocycles. The number of benzene rings is 1. The highest BCUT2D eigenvalue weighted by Gasteiger charge is 2.20. The fourth-order valence-electron chi connectivity index (χ4n) is 1.60. The van der Waals surface area contributed by atoms with E-state index in [0.29, 0.717) is 24.1 Å². The van der Waals surface area contributed by atoms with Crippen LogP contribution in [0.15, 0.2) is 12.1 Å². The fraction of sp³-hybridized carbons (Fsp3) is 0.200. The molecule has 0 spiro atoms. The largest absolute Gasteiger partial charge is 0.506 e. The number of carbonyl (C=O) groups excluding carboxylic acids is 1. The molecule has 0 unspecified atom stereocenters. The van der Waals surface area contributed by atoms with Crippen molar-refractivity contribution in [3.8, 4) is 5.75 Å². The van der Waals surface area contributed by atoms with Crippen LogP contribution in [-0.4, -0.2) is 22.1 Å². The van der Waals surface area contributed by atoms with Crippen molar-refractivity contribution in [1.82, 2.24) is 0 Å². The number of aryl methyl sites for hydroxylation is 1. The molecular weight excluding hydrogens is 198 g/mol. The van der Waals surface area contributed by atoms with Crippen molar-refractivity contribution in [3.63, 3.8) is 0 Å². The molecule has 0 bridgehead atoms. The zero-order valence-corrected chi connectivity index (χ0v) is 7.78. The fourth-order valence-corrected chi connectivity index (χ4v) is 1.60. The van der Waals surface area contributed by atoms with E-state index in [0.717, 1.165) is 6.07 Å². The highest BCUT2D eigenvalue weighted by atomic mass is 16.4. The summed E-state index contributed by atoms with van der Waals surface area (Å²) in [6, 6.07) is 2.60. The van der Waals surface area contributed by atoms with Crippen LogP contribution in [0.4, 0.5) is 5.69 Å². The lowest BCUT2D eigenvalue weighted by Gasteiger charge is -2.18. The highest BCUT2D eigenvalue weighted by Crippen LogP contribution is 2.32. The van der Waals surface area contributed by atoms with Gasteiger partial charge >= 0.3 is 5.97 Å². The minimum atomic E-state index is -1.09. The Hall–Kier alpha value is -2.04. The van der Waals surface area contributed by atoms with Crippen molar-refractivity contribution in [2.45, 2.75) is 12.8 Å². The monoisotopic (exact) mass is 207 g/mol. The number of rotatable bonds is 1.